The fourth-order valence-electron chi connectivity index (χ4n) is 1.47. The lowest BCUT2D eigenvalue weighted by atomic mass is 10.2. The van der Waals surface area contributed by atoms with E-state index < -0.39 is 8.32 Å². The van der Waals surface area contributed by atoms with Gasteiger partial charge < -0.3 is 14.5 Å². The maximum atomic E-state index is 11.3. The minimum Gasteiger partial charge on any atom is -0.409 e. The van der Waals surface area contributed by atoms with E-state index in [4.69, 9.17) is 9.16 Å². The second-order valence-corrected chi connectivity index (χ2v) is 10.6. The number of nitrogens with one attached hydrogen (secondary N) is 1. The highest BCUT2D eigenvalue weighted by molar-refractivity contribution is 6.74. The molecule has 0 aromatic heterocycles. The Morgan fingerprint density at radius 3 is 2.38 bits per heavy atom. The van der Waals surface area contributed by atoms with Crippen molar-refractivity contribution in [1.82, 2.24) is 5.32 Å². The smallest absolute Gasteiger partial charge is 0.224 e. The average Bonchev–Trinajstić information content (AvgIpc) is 2.43. The Labute approximate surface area is 98.8 Å². The molecule has 0 radical (unpaired) electrons. The molecule has 5 heteroatoms. The van der Waals surface area contributed by atoms with Crippen molar-refractivity contribution in [1.29, 1.82) is 0 Å². The fourth-order valence-corrected chi connectivity index (χ4v) is 2.79. The average molecular weight is 245 g/mol. The molecule has 1 unspecified atom stereocenters. The quantitative estimate of drug-likeness (QED) is 0.772. The largest absolute Gasteiger partial charge is 0.409 e. The monoisotopic (exact) mass is 245 g/mol. The summed E-state index contributed by atoms with van der Waals surface area (Å²) in [6, 6.07) is 0. The molecule has 1 rings (SSSR count). The Balaban J connectivity index is 2.70. The number of methoxy groups -OCH3 is 1. The molecule has 1 aliphatic rings. The molecule has 1 N–H and O–H groups in total. The van der Waals surface area contributed by atoms with Gasteiger partial charge in [0.25, 0.3) is 0 Å². The third-order valence-electron chi connectivity index (χ3n) is 3.53. The predicted octanol–water partition coefficient (Wildman–Crippen LogP) is 1.87. The van der Waals surface area contributed by atoms with E-state index in [0.29, 0.717) is 6.42 Å². The number of hydrogen-bond acceptors (Lipinski definition) is 3. The summed E-state index contributed by atoms with van der Waals surface area (Å²) in [5.74, 6) is 0.00978. The standard InChI is InChI=1S/C11H23NO3Si/c1-11(2,3)16(5,6)15-8-7-9(13)12-10(8)14-4/h8,10H,7H2,1-6H3,(H,12,13)/t8-,10?/m1/s1. The van der Waals surface area contributed by atoms with Crippen LogP contribution in [0.4, 0.5) is 0 Å². The summed E-state index contributed by atoms with van der Waals surface area (Å²) < 4.78 is 11.4. The van der Waals surface area contributed by atoms with Gasteiger partial charge in [-0.05, 0) is 18.1 Å². The molecule has 0 bridgehead atoms. The lowest BCUT2D eigenvalue weighted by Crippen LogP contribution is -2.47. The summed E-state index contributed by atoms with van der Waals surface area (Å²) in [5, 5.41) is 2.91. The molecule has 1 fully saturated rings. The van der Waals surface area contributed by atoms with Gasteiger partial charge >= 0.3 is 0 Å². The molecule has 94 valence electrons. The topological polar surface area (TPSA) is 47.6 Å². The summed E-state index contributed by atoms with van der Waals surface area (Å²) in [6.07, 6.45) is -0.0228. The summed E-state index contributed by atoms with van der Waals surface area (Å²) in [5.41, 5.74) is 0. The Bertz CT molecular complexity index is 273. The van der Waals surface area contributed by atoms with E-state index in [-0.39, 0.29) is 23.3 Å². The van der Waals surface area contributed by atoms with Crippen LogP contribution in [-0.2, 0) is 14.0 Å². The Morgan fingerprint density at radius 1 is 1.38 bits per heavy atom. The van der Waals surface area contributed by atoms with Gasteiger partial charge in [-0.3, -0.25) is 4.79 Å². The summed E-state index contributed by atoms with van der Waals surface area (Å²) in [6.45, 7) is 10.9. The van der Waals surface area contributed by atoms with Crippen molar-refractivity contribution in [3.63, 3.8) is 0 Å². The molecule has 4 nitrogen and oxygen atoms in total. The van der Waals surface area contributed by atoms with Gasteiger partial charge in [0.05, 0.1) is 12.5 Å². The zero-order chi connectivity index (χ0) is 12.6. The molecule has 0 aliphatic carbocycles. The maximum absolute atomic E-state index is 11.3. The highest BCUT2D eigenvalue weighted by Crippen LogP contribution is 2.38. The first-order valence-corrected chi connectivity index (χ1v) is 8.58. The number of amides is 1. The zero-order valence-electron chi connectivity index (χ0n) is 11.1. The van der Waals surface area contributed by atoms with Crippen molar-refractivity contribution in [2.45, 2.75) is 57.7 Å². The van der Waals surface area contributed by atoms with Crippen LogP contribution in [-0.4, -0.2) is 33.7 Å². The van der Waals surface area contributed by atoms with E-state index in [0.717, 1.165) is 0 Å². The van der Waals surface area contributed by atoms with Crippen molar-refractivity contribution < 1.29 is 14.0 Å². The number of carbonyl (C=O) groups is 1. The van der Waals surface area contributed by atoms with Gasteiger partial charge in [0.15, 0.2) is 14.5 Å². The summed E-state index contributed by atoms with van der Waals surface area (Å²) in [7, 11) is -0.234. The summed E-state index contributed by atoms with van der Waals surface area (Å²) >= 11 is 0. The van der Waals surface area contributed by atoms with E-state index in [1.54, 1.807) is 7.11 Å². The lowest BCUT2D eigenvalue weighted by molar-refractivity contribution is -0.120. The number of carbonyl (C=O) groups excluding carboxylic acids is 1. The molecule has 1 aliphatic heterocycles. The van der Waals surface area contributed by atoms with Crippen LogP contribution in [0, 0.1) is 0 Å². The van der Waals surface area contributed by atoms with Crippen LogP contribution in [0.3, 0.4) is 0 Å². The number of hydrogen-bond donors (Lipinski definition) is 1. The van der Waals surface area contributed by atoms with E-state index in [2.05, 4.69) is 39.2 Å². The van der Waals surface area contributed by atoms with Gasteiger partial charge in [0.1, 0.15) is 0 Å². The molecule has 0 saturated carbocycles. The maximum Gasteiger partial charge on any atom is 0.224 e. The van der Waals surface area contributed by atoms with Crippen molar-refractivity contribution in [2.75, 3.05) is 7.11 Å². The van der Waals surface area contributed by atoms with Crippen molar-refractivity contribution >= 4 is 14.2 Å². The third kappa shape index (κ3) is 2.84. The van der Waals surface area contributed by atoms with Crippen molar-refractivity contribution in [3.05, 3.63) is 0 Å². The van der Waals surface area contributed by atoms with Crippen molar-refractivity contribution in [3.8, 4) is 0 Å². The van der Waals surface area contributed by atoms with Crippen LogP contribution >= 0.6 is 0 Å². The van der Waals surface area contributed by atoms with Gasteiger partial charge in [-0.25, -0.2) is 0 Å². The van der Waals surface area contributed by atoms with Gasteiger partial charge in [0, 0.05) is 7.11 Å². The zero-order valence-corrected chi connectivity index (χ0v) is 12.1. The second-order valence-electron chi connectivity index (χ2n) is 5.84. The van der Waals surface area contributed by atoms with Crippen LogP contribution in [0.1, 0.15) is 27.2 Å². The Kier molecular flexibility index (Phi) is 3.82. The molecule has 0 aromatic carbocycles. The normalized spacial score (nSPS) is 27.0. The molecular weight excluding hydrogens is 222 g/mol. The number of rotatable bonds is 3. The van der Waals surface area contributed by atoms with Crippen LogP contribution in [0.5, 0.6) is 0 Å². The third-order valence-corrected chi connectivity index (χ3v) is 8.04. The molecular formula is C11H23NO3Si. The van der Waals surface area contributed by atoms with Gasteiger partial charge in [-0.1, -0.05) is 20.8 Å². The van der Waals surface area contributed by atoms with E-state index in [1.165, 1.54) is 0 Å². The minimum atomic E-state index is -1.83. The van der Waals surface area contributed by atoms with E-state index in [1.807, 2.05) is 0 Å². The highest BCUT2D eigenvalue weighted by Gasteiger charge is 2.43. The SMILES string of the molecule is COC1NC(=O)C[C@H]1O[Si](C)(C)C(C)(C)C. The van der Waals surface area contributed by atoms with Crippen LogP contribution in [0.15, 0.2) is 0 Å². The minimum absolute atomic E-state index is 0.00978. The molecule has 0 spiro atoms. The first kappa shape index (κ1) is 13.7. The first-order chi connectivity index (χ1) is 7.17. The van der Waals surface area contributed by atoms with E-state index in [9.17, 15) is 4.79 Å². The van der Waals surface area contributed by atoms with Crippen LogP contribution in [0.2, 0.25) is 18.1 Å². The predicted molar refractivity (Wildman–Crippen MR) is 65.6 cm³/mol. The van der Waals surface area contributed by atoms with Gasteiger partial charge in [-0.2, -0.15) is 0 Å². The highest BCUT2D eigenvalue weighted by atomic mass is 28.4. The fraction of sp³-hybridized carbons (Fsp3) is 0.909. The van der Waals surface area contributed by atoms with E-state index >= 15 is 0 Å². The Hall–Kier alpha value is -0.393. The van der Waals surface area contributed by atoms with Gasteiger partial charge in [-0.15, -0.1) is 0 Å². The van der Waals surface area contributed by atoms with Crippen LogP contribution in [0.25, 0.3) is 0 Å². The summed E-state index contributed by atoms with van der Waals surface area (Å²) in [4.78, 5) is 11.3. The first-order valence-electron chi connectivity index (χ1n) is 5.67. The van der Waals surface area contributed by atoms with Crippen LogP contribution < -0.4 is 5.32 Å². The Morgan fingerprint density at radius 2 is 1.94 bits per heavy atom. The molecule has 1 heterocycles. The van der Waals surface area contributed by atoms with Gasteiger partial charge in [0.2, 0.25) is 5.91 Å². The molecule has 0 aromatic rings. The molecule has 2 atom stereocenters. The molecule has 1 amide bonds. The molecule has 1 saturated heterocycles. The number of ether oxygens (including phenoxy) is 1. The molecule has 16 heavy (non-hydrogen) atoms. The van der Waals surface area contributed by atoms with Crippen molar-refractivity contribution in [2.24, 2.45) is 0 Å². The lowest BCUT2D eigenvalue weighted by Gasteiger charge is -2.39. The second kappa shape index (κ2) is 4.47.